The van der Waals surface area contributed by atoms with Gasteiger partial charge in [0.2, 0.25) is 0 Å². The van der Waals surface area contributed by atoms with Crippen LogP contribution in [0.5, 0.6) is 0 Å². The molecule has 45 heavy (non-hydrogen) atoms. The van der Waals surface area contributed by atoms with E-state index in [1.165, 1.54) is 12.1 Å². The molecule has 1 amide bonds. The highest BCUT2D eigenvalue weighted by Gasteiger charge is 2.35. The summed E-state index contributed by atoms with van der Waals surface area (Å²) < 4.78 is 50.9. The number of alkyl halides is 3. The Balaban J connectivity index is 1.22. The van der Waals surface area contributed by atoms with E-state index < -0.39 is 17.6 Å². The van der Waals surface area contributed by atoms with E-state index in [1.807, 2.05) is 47.5 Å². The van der Waals surface area contributed by atoms with Gasteiger partial charge in [0.1, 0.15) is 5.69 Å². The van der Waals surface area contributed by atoms with Crippen molar-refractivity contribution in [3.63, 3.8) is 0 Å². The molecule has 1 aliphatic heterocycles. The smallest absolute Gasteiger partial charge is 0.378 e. The Labute approximate surface area is 257 Å². The van der Waals surface area contributed by atoms with Crippen molar-refractivity contribution >= 4 is 34.3 Å². The maximum absolute atomic E-state index is 14.0. The molecule has 0 unspecified atom stereocenters. The Morgan fingerprint density at radius 1 is 1.04 bits per heavy atom. The highest BCUT2D eigenvalue weighted by molar-refractivity contribution is 6.04. The minimum atomic E-state index is -4.59. The van der Waals surface area contributed by atoms with Crippen LogP contribution in [-0.2, 0) is 17.5 Å². The van der Waals surface area contributed by atoms with Crippen LogP contribution in [0, 0.1) is 18.8 Å². The molecule has 0 atom stereocenters. The number of hydrogen-bond acceptors (Lipinski definition) is 6. The van der Waals surface area contributed by atoms with E-state index in [0.29, 0.717) is 43.2 Å². The summed E-state index contributed by atoms with van der Waals surface area (Å²) in [6, 6.07) is 12.7. The Hall–Kier alpha value is -5.28. The first-order valence-corrected chi connectivity index (χ1v) is 14.4. The number of benzene rings is 2. The van der Waals surface area contributed by atoms with Crippen LogP contribution in [0.3, 0.4) is 0 Å². The zero-order valence-electron chi connectivity index (χ0n) is 24.7. The van der Waals surface area contributed by atoms with E-state index in [9.17, 15) is 18.0 Å². The number of hydrogen-bond donors (Lipinski definition) is 2. The second kappa shape index (κ2) is 12.4. The van der Waals surface area contributed by atoms with Crippen LogP contribution in [0.2, 0.25) is 0 Å². The number of anilines is 4. The van der Waals surface area contributed by atoms with Crippen LogP contribution in [-0.4, -0.2) is 51.4 Å². The van der Waals surface area contributed by atoms with Crippen molar-refractivity contribution in [2.75, 3.05) is 41.8 Å². The molecule has 2 aromatic carbocycles. The normalized spacial score (nSPS) is 13.4. The molecule has 2 N–H and O–H groups in total. The fourth-order valence-corrected chi connectivity index (χ4v) is 5.11. The standard InChI is InChI=1S/C33H30F3N7O2/c1-3-42-21-26(19-38-42)39-29-5-4-12-43-27(20-37-31(29)43)10-8-23-17-24(7-6-22(23)2)32(44)40-25-9-11-30(28(18-25)33(34,35)36)41-13-15-45-16-14-41/h4-7,9,11-12,17-21,39H,3,13-16H2,1-2H3,(H,40,44). The van der Waals surface area contributed by atoms with E-state index in [-0.39, 0.29) is 16.9 Å². The summed E-state index contributed by atoms with van der Waals surface area (Å²) in [7, 11) is 0. The summed E-state index contributed by atoms with van der Waals surface area (Å²) in [5.74, 6) is 5.73. The van der Waals surface area contributed by atoms with E-state index >= 15 is 0 Å². The molecule has 9 nitrogen and oxygen atoms in total. The fourth-order valence-electron chi connectivity index (χ4n) is 5.11. The van der Waals surface area contributed by atoms with Gasteiger partial charge in [-0.05, 0) is 67.8 Å². The predicted molar refractivity (Wildman–Crippen MR) is 166 cm³/mol. The number of amides is 1. The highest BCUT2D eigenvalue weighted by Crippen LogP contribution is 2.38. The molecule has 5 aromatic rings. The number of nitrogens with one attached hydrogen (secondary N) is 2. The van der Waals surface area contributed by atoms with Crippen LogP contribution in [0.25, 0.3) is 5.65 Å². The lowest BCUT2D eigenvalue weighted by atomic mass is 10.0. The third-order valence-corrected chi connectivity index (χ3v) is 7.51. The van der Waals surface area contributed by atoms with Crippen molar-refractivity contribution in [2.24, 2.45) is 0 Å². The largest absolute Gasteiger partial charge is 0.418 e. The molecule has 1 saturated heterocycles. The molecule has 230 valence electrons. The molecular weight excluding hydrogens is 583 g/mol. The second-order valence-electron chi connectivity index (χ2n) is 10.5. The number of rotatable bonds is 6. The SMILES string of the molecule is CCn1cc(Nc2cccn3c(C#Cc4cc(C(=O)Nc5ccc(N6CCOCC6)c(C(F)(F)F)c5)ccc4C)cnc23)cn1. The number of halogens is 3. The first-order chi connectivity index (χ1) is 21.7. The quantitative estimate of drug-likeness (QED) is 0.225. The molecule has 0 saturated carbocycles. The minimum absolute atomic E-state index is 0.0507. The summed E-state index contributed by atoms with van der Waals surface area (Å²) in [5.41, 5.74) is 4.01. The number of pyridine rings is 1. The van der Waals surface area contributed by atoms with Gasteiger partial charge in [-0.15, -0.1) is 0 Å². The van der Waals surface area contributed by atoms with Crippen LogP contribution in [0.15, 0.2) is 73.3 Å². The van der Waals surface area contributed by atoms with Gasteiger partial charge in [-0.1, -0.05) is 12.0 Å². The van der Waals surface area contributed by atoms with Gasteiger partial charge in [0.15, 0.2) is 5.65 Å². The summed E-state index contributed by atoms with van der Waals surface area (Å²) in [4.78, 5) is 19.3. The van der Waals surface area contributed by atoms with Crippen LogP contribution in [0.1, 0.15) is 39.7 Å². The maximum Gasteiger partial charge on any atom is 0.418 e. The van der Waals surface area contributed by atoms with Gasteiger partial charge in [-0.3, -0.25) is 13.9 Å². The molecular formula is C33H30F3N7O2. The van der Waals surface area contributed by atoms with E-state index in [2.05, 4.69) is 32.6 Å². The van der Waals surface area contributed by atoms with Gasteiger partial charge in [-0.2, -0.15) is 18.3 Å². The lowest BCUT2D eigenvalue weighted by molar-refractivity contribution is -0.137. The molecule has 12 heteroatoms. The fraction of sp³-hybridized carbons (Fsp3) is 0.242. The average molecular weight is 614 g/mol. The third-order valence-electron chi connectivity index (χ3n) is 7.51. The molecule has 0 radical (unpaired) electrons. The van der Waals surface area contributed by atoms with Crippen LogP contribution < -0.4 is 15.5 Å². The summed E-state index contributed by atoms with van der Waals surface area (Å²) in [6.45, 7) is 6.09. The number of carbonyl (C=O) groups excluding carboxylic acids is 1. The molecule has 0 bridgehead atoms. The van der Waals surface area contributed by atoms with Gasteiger partial charge >= 0.3 is 6.18 Å². The third kappa shape index (κ3) is 6.49. The number of carbonyl (C=O) groups is 1. The van der Waals surface area contributed by atoms with Crippen LogP contribution in [0.4, 0.5) is 35.9 Å². The molecule has 0 spiro atoms. The first-order valence-electron chi connectivity index (χ1n) is 14.4. The Kier molecular flexibility index (Phi) is 8.19. The average Bonchev–Trinajstić information content (AvgIpc) is 3.68. The summed E-state index contributed by atoms with van der Waals surface area (Å²) >= 11 is 0. The van der Waals surface area contributed by atoms with Gasteiger partial charge < -0.3 is 20.3 Å². The van der Waals surface area contributed by atoms with E-state index in [4.69, 9.17) is 4.74 Å². The van der Waals surface area contributed by atoms with Gasteiger partial charge in [0.05, 0.1) is 42.5 Å². The van der Waals surface area contributed by atoms with Crippen molar-refractivity contribution in [1.29, 1.82) is 0 Å². The van der Waals surface area contributed by atoms with Crippen LogP contribution >= 0.6 is 0 Å². The highest BCUT2D eigenvalue weighted by atomic mass is 19.4. The number of ether oxygens (including phenoxy) is 1. The molecule has 4 heterocycles. The van der Waals surface area contributed by atoms with E-state index in [0.717, 1.165) is 29.5 Å². The summed E-state index contributed by atoms with van der Waals surface area (Å²) in [5, 5.41) is 10.2. The Morgan fingerprint density at radius 2 is 1.87 bits per heavy atom. The summed E-state index contributed by atoms with van der Waals surface area (Å²) in [6.07, 6.45) is 2.61. The number of nitrogens with zero attached hydrogens (tertiary/aromatic N) is 5. The zero-order chi connectivity index (χ0) is 31.6. The van der Waals surface area contributed by atoms with Crippen molar-refractivity contribution in [3.8, 4) is 11.8 Å². The van der Waals surface area contributed by atoms with Gasteiger partial charge in [0.25, 0.3) is 5.91 Å². The van der Waals surface area contributed by atoms with E-state index in [1.54, 1.807) is 35.5 Å². The molecule has 3 aromatic heterocycles. The van der Waals surface area contributed by atoms with Crippen molar-refractivity contribution in [1.82, 2.24) is 19.2 Å². The lowest BCUT2D eigenvalue weighted by Crippen LogP contribution is -2.37. The number of aryl methyl sites for hydroxylation is 2. The predicted octanol–water partition coefficient (Wildman–Crippen LogP) is 6.11. The van der Waals surface area contributed by atoms with Crippen molar-refractivity contribution < 1.29 is 22.7 Å². The molecule has 1 aliphatic rings. The second-order valence-corrected chi connectivity index (χ2v) is 10.5. The number of aromatic nitrogens is 4. The van der Waals surface area contributed by atoms with Crippen molar-refractivity contribution in [3.05, 3.63) is 101 Å². The molecule has 0 aliphatic carbocycles. The first kappa shape index (κ1) is 29.8. The number of imidazole rings is 1. The Bertz CT molecular complexity index is 1930. The Morgan fingerprint density at radius 3 is 2.62 bits per heavy atom. The van der Waals surface area contributed by atoms with Gasteiger partial charge in [0, 0.05) is 54.5 Å². The number of fused-ring (bicyclic) bond motifs is 1. The number of morpholine rings is 1. The van der Waals surface area contributed by atoms with Crippen molar-refractivity contribution in [2.45, 2.75) is 26.6 Å². The molecule has 1 fully saturated rings. The maximum atomic E-state index is 14.0. The zero-order valence-corrected chi connectivity index (χ0v) is 24.7. The van der Waals surface area contributed by atoms with Gasteiger partial charge in [-0.25, -0.2) is 4.98 Å². The topological polar surface area (TPSA) is 88.7 Å². The lowest BCUT2D eigenvalue weighted by Gasteiger charge is -2.31. The molecule has 6 rings (SSSR count). The minimum Gasteiger partial charge on any atom is -0.378 e. The monoisotopic (exact) mass is 613 g/mol.